The predicted molar refractivity (Wildman–Crippen MR) is 102 cm³/mol. The zero-order valence-corrected chi connectivity index (χ0v) is 16.1. The summed E-state index contributed by atoms with van der Waals surface area (Å²) in [6.45, 7) is 2.88. The first-order chi connectivity index (χ1) is 12.7. The van der Waals surface area contributed by atoms with Crippen LogP contribution in [0.4, 0.5) is 11.4 Å². The van der Waals surface area contributed by atoms with Crippen LogP contribution in [0.25, 0.3) is 0 Å². The van der Waals surface area contributed by atoms with Gasteiger partial charge in [-0.15, -0.1) is 0 Å². The van der Waals surface area contributed by atoms with Crippen molar-refractivity contribution >= 4 is 33.0 Å². The molecule has 10 heteroatoms. The highest BCUT2D eigenvalue weighted by Crippen LogP contribution is 2.31. The monoisotopic (exact) mass is 411 g/mol. The molecular formula is C17H18ClN3O5S. The second kappa shape index (κ2) is 7.34. The van der Waals surface area contributed by atoms with E-state index in [9.17, 15) is 23.6 Å². The zero-order chi connectivity index (χ0) is 19.8. The number of nitrogens with zero attached hydrogens (tertiary/aromatic N) is 3. The van der Waals surface area contributed by atoms with Crippen LogP contribution in [0.5, 0.6) is 5.75 Å². The topological polar surface area (TPSA) is 104 Å². The number of hydrogen-bond donors (Lipinski definition) is 1. The summed E-state index contributed by atoms with van der Waals surface area (Å²) in [5, 5.41) is 20.6. The Bertz CT molecular complexity index is 971. The Morgan fingerprint density at radius 3 is 2.26 bits per heavy atom. The van der Waals surface area contributed by atoms with E-state index >= 15 is 0 Å². The number of nitro benzene ring substituents is 1. The molecule has 0 aliphatic carbocycles. The minimum Gasteiger partial charge on any atom is -0.508 e. The number of halogens is 1. The van der Waals surface area contributed by atoms with Gasteiger partial charge in [0.1, 0.15) is 5.75 Å². The Morgan fingerprint density at radius 2 is 1.70 bits per heavy atom. The number of nitro groups is 1. The van der Waals surface area contributed by atoms with E-state index in [2.05, 4.69) is 0 Å². The number of sulfonamides is 1. The highest BCUT2D eigenvalue weighted by molar-refractivity contribution is 7.89. The summed E-state index contributed by atoms with van der Waals surface area (Å²) in [6, 6.07) is 9.00. The minimum atomic E-state index is -3.89. The molecule has 0 unspecified atom stereocenters. The lowest BCUT2D eigenvalue weighted by atomic mass is 10.2. The fraction of sp³-hybridized carbons (Fsp3) is 0.294. The summed E-state index contributed by atoms with van der Waals surface area (Å²) in [5.41, 5.74) is 0.806. The van der Waals surface area contributed by atoms with Crippen molar-refractivity contribution in [1.82, 2.24) is 4.31 Å². The van der Waals surface area contributed by atoms with Crippen LogP contribution >= 0.6 is 11.6 Å². The number of phenolic OH excluding ortho intramolecular Hbond substituents is 1. The summed E-state index contributed by atoms with van der Waals surface area (Å²) < 4.78 is 27.1. The van der Waals surface area contributed by atoms with Gasteiger partial charge in [-0.05, 0) is 37.3 Å². The normalized spacial score (nSPS) is 15.7. The van der Waals surface area contributed by atoms with Gasteiger partial charge in [0.15, 0.2) is 0 Å². The van der Waals surface area contributed by atoms with E-state index in [0.717, 1.165) is 11.8 Å². The third-order valence-electron chi connectivity index (χ3n) is 4.58. The average Bonchev–Trinajstić information content (AvgIpc) is 2.64. The zero-order valence-electron chi connectivity index (χ0n) is 14.5. The molecular weight excluding hydrogens is 394 g/mol. The van der Waals surface area contributed by atoms with Crippen molar-refractivity contribution in [2.24, 2.45) is 0 Å². The van der Waals surface area contributed by atoms with Crippen molar-refractivity contribution in [1.29, 1.82) is 0 Å². The van der Waals surface area contributed by atoms with Crippen molar-refractivity contribution in [3.63, 3.8) is 0 Å². The first-order valence-corrected chi connectivity index (χ1v) is 10.0. The van der Waals surface area contributed by atoms with Gasteiger partial charge >= 0.3 is 0 Å². The van der Waals surface area contributed by atoms with Gasteiger partial charge in [-0.2, -0.15) is 4.31 Å². The van der Waals surface area contributed by atoms with Crippen LogP contribution in [0.15, 0.2) is 41.3 Å². The van der Waals surface area contributed by atoms with Crippen molar-refractivity contribution in [3.05, 3.63) is 57.1 Å². The van der Waals surface area contributed by atoms with Gasteiger partial charge in [0.25, 0.3) is 5.69 Å². The van der Waals surface area contributed by atoms with E-state index < -0.39 is 14.9 Å². The molecule has 1 aliphatic rings. The number of anilines is 1. The Labute approximate surface area is 161 Å². The minimum absolute atomic E-state index is 0.0468. The molecule has 0 atom stereocenters. The molecule has 0 spiro atoms. The molecule has 1 N–H and O–H groups in total. The third-order valence-corrected chi connectivity index (χ3v) is 6.85. The van der Waals surface area contributed by atoms with Gasteiger partial charge in [0.2, 0.25) is 10.0 Å². The number of rotatable bonds is 4. The van der Waals surface area contributed by atoms with Crippen LogP contribution in [0.3, 0.4) is 0 Å². The van der Waals surface area contributed by atoms with Crippen LogP contribution < -0.4 is 4.90 Å². The molecule has 0 aromatic heterocycles. The van der Waals surface area contributed by atoms with Gasteiger partial charge in [-0.25, -0.2) is 8.42 Å². The van der Waals surface area contributed by atoms with Gasteiger partial charge in [-0.1, -0.05) is 11.6 Å². The molecule has 2 aromatic carbocycles. The highest BCUT2D eigenvalue weighted by Gasteiger charge is 2.31. The van der Waals surface area contributed by atoms with Crippen LogP contribution in [-0.2, 0) is 10.0 Å². The largest absolute Gasteiger partial charge is 0.508 e. The Balaban J connectivity index is 1.81. The molecule has 0 amide bonds. The number of piperazine rings is 1. The fourth-order valence-corrected chi connectivity index (χ4v) is 4.73. The van der Waals surface area contributed by atoms with Gasteiger partial charge in [0.05, 0.1) is 14.8 Å². The summed E-state index contributed by atoms with van der Waals surface area (Å²) in [6.07, 6.45) is 0. The second-order valence-electron chi connectivity index (χ2n) is 6.21. The number of aromatic hydroxyl groups is 1. The fourth-order valence-electron chi connectivity index (χ4n) is 2.98. The molecule has 27 heavy (non-hydrogen) atoms. The maximum absolute atomic E-state index is 12.9. The van der Waals surface area contributed by atoms with Crippen LogP contribution in [-0.4, -0.2) is 48.9 Å². The van der Waals surface area contributed by atoms with E-state index in [1.54, 1.807) is 24.3 Å². The maximum atomic E-state index is 12.9. The molecule has 1 saturated heterocycles. The van der Waals surface area contributed by atoms with Crippen molar-refractivity contribution < 1.29 is 18.4 Å². The summed E-state index contributed by atoms with van der Waals surface area (Å²) >= 11 is 6.01. The summed E-state index contributed by atoms with van der Waals surface area (Å²) in [4.78, 5) is 12.4. The van der Waals surface area contributed by atoms with Crippen molar-refractivity contribution in [3.8, 4) is 5.75 Å². The van der Waals surface area contributed by atoms with Gasteiger partial charge in [-0.3, -0.25) is 10.1 Å². The lowest BCUT2D eigenvalue weighted by molar-refractivity contribution is -0.385. The molecule has 3 rings (SSSR count). The van der Waals surface area contributed by atoms with Crippen LogP contribution in [0.1, 0.15) is 5.56 Å². The van der Waals surface area contributed by atoms with Crippen molar-refractivity contribution in [2.75, 3.05) is 31.1 Å². The van der Waals surface area contributed by atoms with Crippen LogP contribution in [0.2, 0.25) is 5.02 Å². The van der Waals surface area contributed by atoms with E-state index in [1.807, 2.05) is 4.90 Å². The van der Waals surface area contributed by atoms with Gasteiger partial charge < -0.3 is 10.0 Å². The first kappa shape index (κ1) is 19.4. The van der Waals surface area contributed by atoms with E-state index in [-0.39, 0.29) is 40.0 Å². The molecule has 0 bridgehead atoms. The summed E-state index contributed by atoms with van der Waals surface area (Å²) in [7, 11) is -3.89. The summed E-state index contributed by atoms with van der Waals surface area (Å²) in [5.74, 6) is 0.165. The standard InChI is InChI=1S/C17H18ClN3O5S/c1-12-16(18)10-15(11-17(12)21(23)24)27(25,26)20-8-6-19(7-9-20)13-2-4-14(22)5-3-13/h2-5,10-11,22H,6-9H2,1H3. The Morgan fingerprint density at radius 1 is 1.11 bits per heavy atom. The smallest absolute Gasteiger partial charge is 0.275 e. The second-order valence-corrected chi connectivity index (χ2v) is 8.56. The number of hydrogen-bond acceptors (Lipinski definition) is 6. The van der Waals surface area contributed by atoms with E-state index in [1.165, 1.54) is 17.3 Å². The van der Waals surface area contributed by atoms with Gasteiger partial charge in [0, 0.05) is 43.5 Å². The molecule has 1 fully saturated rings. The quantitative estimate of drug-likeness (QED) is 0.612. The Hall–Kier alpha value is -2.36. The number of benzene rings is 2. The molecule has 2 aromatic rings. The molecule has 0 saturated carbocycles. The maximum Gasteiger partial charge on any atom is 0.275 e. The third kappa shape index (κ3) is 3.85. The first-order valence-electron chi connectivity index (χ1n) is 8.19. The molecule has 0 radical (unpaired) electrons. The SMILES string of the molecule is Cc1c(Cl)cc(S(=O)(=O)N2CCN(c3ccc(O)cc3)CC2)cc1[N+](=O)[O-]. The molecule has 1 heterocycles. The van der Waals surface area contributed by atoms with Crippen molar-refractivity contribution in [2.45, 2.75) is 11.8 Å². The predicted octanol–water partition coefficient (Wildman–Crippen LogP) is 2.77. The molecule has 1 aliphatic heterocycles. The molecule has 8 nitrogen and oxygen atoms in total. The number of phenols is 1. The lowest BCUT2D eigenvalue weighted by Crippen LogP contribution is -2.48. The van der Waals surface area contributed by atoms with E-state index in [4.69, 9.17) is 11.6 Å². The average molecular weight is 412 g/mol. The highest BCUT2D eigenvalue weighted by atomic mass is 35.5. The molecule has 144 valence electrons. The van der Waals surface area contributed by atoms with E-state index in [0.29, 0.717) is 13.1 Å². The lowest BCUT2D eigenvalue weighted by Gasteiger charge is -2.35. The Kier molecular flexibility index (Phi) is 5.27. The van der Waals surface area contributed by atoms with Crippen LogP contribution in [0, 0.1) is 17.0 Å².